The molecule has 2 unspecified atom stereocenters. The molecule has 1 aromatic rings. The van der Waals surface area contributed by atoms with Crippen LogP contribution in [0, 0.1) is 11.8 Å². The molecule has 1 saturated heterocycles. The third-order valence-corrected chi connectivity index (χ3v) is 3.91. The number of methoxy groups -OCH3 is 1. The van der Waals surface area contributed by atoms with E-state index < -0.39 is 11.9 Å². The number of hydrogen-bond acceptors (Lipinski definition) is 4. The highest BCUT2D eigenvalue weighted by Crippen LogP contribution is 2.22. The fourth-order valence-electron chi connectivity index (χ4n) is 2.81. The van der Waals surface area contributed by atoms with E-state index in [0.29, 0.717) is 31.9 Å². The number of carboxylic acids is 1. The fourth-order valence-corrected chi connectivity index (χ4v) is 2.81. The van der Waals surface area contributed by atoms with E-state index in [9.17, 15) is 9.59 Å². The number of amides is 2. The zero-order valence-electron chi connectivity index (χ0n) is 13.6. The molecule has 0 radical (unpaired) electrons. The zero-order chi connectivity index (χ0) is 16.8. The molecule has 23 heavy (non-hydrogen) atoms. The molecule has 0 spiro atoms. The second-order valence-electron chi connectivity index (χ2n) is 6.02. The van der Waals surface area contributed by atoms with Crippen LogP contribution in [0.25, 0.3) is 0 Å². The topological polar surface area (TPSA) is 96.7 Å². The first-order valence-corrected chi connectivity index (χ1v) is 7.80. The number of rotatable bonds is 6. The Kier molecular flexibility index (Phi) is 5.97. The maximum Gasteiger partial charge on any atom is 0.323 e. The van der Waals surface area contributed by atoms with Crippen LogP contribution < -0.4 is 5.32 Å². The van der Waals surface area contributed by atoms with E-state index in [1.54, 1.807) is 29.0 Å². The number of carbonyl (C=O) groups is 2. The van der Waals surface area contributed by atoms with Crippen LogP contribution in [0.1, 0.15) is 19.8 Å². The van der Waals surface area contributed by atoms with Crippen molar-refractivity contribution in [2.45, 2.75) is 26.3 Å². The average Bonchev–Trinajstić information content (AvgIpc) is 2.94. The Balaban J connectivity index is 1.89. The number of aliphatic carboxylic acids is 1. The van der Waals surface area contributed by atoms with Crippen LogP contribution in [0.5, 0.6) is 0 Å². The minimum atomic E-state index is -0.850. The number of aromatic nitrogens is 2. The number of nitrogens with zero attached hydrogens (tertiary/aromatic N) is 3. The fraction of sp³-hybridized carbons (Fsp3) is 0.667. The number of ether oxygens (including phenoxy) is 1. The second kappa shape index (κ2) is 7.96. The van der Waals surface area contributed by atoms with Gasteiger partial charge in [-0.3, -0.25) is 14.8 Å². The number of hydrogen-bond donors (Lipinski definition) is 2. The molecule has 0 aliphatic carbocycles. The summed E-state index contributed by atoms with van der Waals surface area (Å²) in [6.07, 6.45) is 3.24. The number of piperidine rings is 1. The molecular formula is C15H24N4O4. The molecule has 0 saturated carbocycles. The van der Waals surface area contributed by atoms with E-state index in [2.05, 4.69) is 10.4 Å². The number of nitrogens with one attached hydrogen (secondary N) is 1. The molecule has 2 heterocycles. The molecule has 128 valence electrons. The number of carboxylic acid groups (broad SMARTS) is 1. The highest BCUT2D eigenvalue weighted by molar-refractivity contribution is 5.88. The maximum absolute atomic E-state index is 12.3. The quantitative estimate of drug-likeness (QED) is 0.773. The molecule has 8 nitrogen and oxygen atoms in total. The predicted molar refractivity (Wildman–Crippen MR) is 84.2 cm³/mol. The minimum Gasteiger partial charge on any atom is -0.481 e. The second-order valence-corrected chi connectivity index (χ2v) is 6.02. The van der Waals surface area contributed by atoms with Gasteiger partial charge in [0.05, 0.1) is 5.92 Å². The van der Waals surface area contributed by atoms with E-state index in [4.69, 9.17) is 9.84 Å². The number of urea groups is 1. The summed E-state index contributed by atoms with van der Waals surface area (Å²) in [6.45, 7) is 4.12. The highest BCUT2D eigenvalue weighted by Gasteiger charge is 2.32. The summed E-state index contributed by atoms with van der Waals surface area (Å²) < 4.78 is 6.73. The minimum absolute atomic E-state index is 0.169. The summed E-state index contributed by atoms with van der Waals surface area (Å²) in [5.74, 6) is -0.715. The molecule has 1 aliphatic heterocycles. The van der Waals surface area contributed by atoms with Crippen molar-refractivity contribution < 1.29 is 19.4 Å². The first kappa shape index (κ1) is 17.3. The SMILES string of the molecule is COCCCn1ccc(NC(=O)N2CC(C)CC(C(=O)O)C2)n1. The Morgan fingerprint density at radius 2 is 2.26 bits per heavy atom. The van der Waals surface area contributed by atoms with Gasteiger partial charge in [-0.25, -0.2) is 4.79 Å². The lowest BCUT2D eigenvalue weighted by Gasteiger charge is -2.34. The van der Waals surface area contributed by atoms with E-state index in [-0.39, 0.29) is 18.5 Å². The van der Waals surface area contributed by atoms with E-state index in [0.717, 1.165) is 6.42 Å². The van der Waals surface area contributed by atoms with Crippen molar-refractivity contribution in [3.8, 4) is 0 Å². The predicted octanol–water partition coefficient (Wildman–Crippen LogP) is 1.49. The number of likely N-dealkylation sites (tertiary alicyclic amines) is 1. The van der Waals surface area contributed by atoms with Crippen LogP contribution in [0.2, 0.25) is 0 Å². The molecular weight excluding hydrogens is 300 g/mol. The molecule has 0 aromatic carbocycles. The Morgan fingerprint density at radius 3 is 2.96 bits per heavy atom. The van der Waals surface area contributed by atoms with Gasteiger partial charge in [0.1, 0.15) is 0 Å². The van der Waals surface area contributed by atoms with E-state index in [1.807, 2.05) is 6.92 Å². The molecule has 2 N–H and O–H groups in total. The summed E-state index contributed by atoms with van der Waals surface area (Å²) in [6, 6.07) is 1.43. The normalized spacial score (nSPS) is 21.2. The summed E-state index contributed by atoms with van der Waals surface area (Å²) in [7, 11) is 1.65. The third kappa shape index (κ3) is 4.95. The number of carbonyl (C=O) groups excluding carboxylic acids is 1. The van der Waals surface area contributed by atoms with Crippen LogP contribution in [0.15, 0.2) is 12.3 Å². The maximum atomic E-state index is 12.3. The van der Waals surface area contributed by atoms with Crippen molar-refractivity contribution >= 4 is 17.8 Å². The van der Waals surface area contributed by atoms with Crippen molar-refractivity contribution in [2.75, 3.05) is 32.1 Å². The van der Waals surface area contributed by atoms with Gasteiger partial charge >= 0.3 is 12.0 Å². The molecule has 1 aromatic heterocycles. The standard InChI is InChI=1S/C15H24N4O4/c1-11-8-12(14(20)21)10-18(9-11)15(22)16-13-4-6-19(17-13)5-3-7-23-2/h4,6,11-12H,3,5,7-10H2,1-2H3,(H,20,21)(H,16,17,22). The van der Waals surface area contributed by atoms with Crippen LogP contribution in [-0.2, 0) is 16.1 Å². The van der Waals surface area contributed by atoms with Gasteiger partial charge < -0.3 is 14.7 Å². The van der Waals surface area contributed by atoms with Crippen LogP contribution in [-0.4, -0.2) is 58.6 Å². The smallest absolute Gasteiger partial charge is 0.323 e. The van der Waals surface area contributed by atoms with Gasteiger partial charge in [0.2, 0.25) is 0 Å². The molecule has 8 heteroatoms. The molecule has 2 atom stereocenters. The van der Waals surface area contributed by atoms with Crippen molar-refractivity contribution in [2.24, 2.45) is 11.8 Å². The Bertz CT molecular complexity index is 545. The van der Waals surface area contributed by atoms with Crippen molar-refractivity contribution in [1.82, 2.24) is 14.7 Å². The lowest BCUT2D eigenvalue weighted by molar-refractivity contribution is -0.143. The number of aryl methyl sites for hydroxylation is 1. The lowest BCUT2D eigenvalue weighted by atomic mass is 9.91. The van der Waals surface area contributed by atoms with Gasteiger partial charge in [0, 0.05) is 45.6 Å². The van der Waals surface area contributed by atoms with Crippen molar-refractivity contribution in [3.05, 3.63) is 12.3 Å². The van der Waals surface area contributed by atoms with Crippen LogP contribution in [0.4, 0.5) is 10.6 Å². The first-order valence-electron chi connectivity index (χ1n) is 7.80. The average molecular weight is 324 g/mol. The first-order chi connectivity index (χ1) is 11.0. The van der Waals surface area contributed by atoms with Gasteiger partial charge in [-0.1, -0.05) is 6.92 Å². The van der Waals surface area contributed by atoms with Gasteiger partial charge in [-0.15, -0.1) is 0 Å². The lowest BCUT2D eigenvalue weighted by Crippen LogP contribution is -2.47. The Morgan fingerprint density at radius 1 is 1.48 bits per heavy atom. The Labute approximate surface area is 135 Å². The van der Waals surface area contributed by atoms with Gasteiger partial charge in [-0.05, 0) is 18.8 Å². The van der Waals surface area contributed by atoms with E-state index in [1.165, 1.54) is 0 Å². The number of anilines is 1. The molecule has 1 fully saturated rings. The van der Waals surface area contributed by atoms with Crippen molar-refractivity contribution in [3.63, 3.8) is 0 Å². The third-order valence-electron chi connectivity index (χ3n) is 3.91. The molecule has 1 aliphatic rings. The molecule has 2 rings (SSSR count). The van der Waals surface area contributed by atoms with Crippen LogP contribution in [0.3, 0.4) is 0 Å². The van der Waals surface area contributed by atoms with E-state index >= 15 is 0 Å². The van der Waals surface area contributed by atoms with Gasteiger partial charge in [-0.2, -0.15) is 5.10 Å². The summed E-state index contributed by atoms with van der Waals surface area (Å²) in [4.78, 5) is 25.0. The summed E-state index contributed by atoms with van der Waals surface area (Å²) >= 11 is 0. The summed E-state index contributed by atoms with van der Waals surface area (Å²) in [5.41, 5.74) is 0. The molecule has 2 amide bonds. The monoisotopic (exact) mass is 324 g/mol. The van der Waals surface area contributed by atoms with Crippen molar-refractivity contribution in [1.29, 1.82) is 0 Å². The van der Waals surface area contributed by atoms with Gasteiger partial charge in [0.25, 0.3) is 0 Å². The largest absolute Gasteiger partial charge is 0.481 e. The Hall–Kier alpha value is -2.09. The zero-order valence-corrected chi connectivity index (χ0v) is 13.6. The molecule has 0 bridgehead atoms. The van der Waals surface area contributed by atoms with Gasteiger partial charge in [0.15, 0.2) is 5.82 Å². The van der Waals surface area contributed by atoms with Crippen LogP contribution >= 0.6 is 0 Å². The highest BCUT2D eigenvalue weighted by atomic mass is 16.5. The summed E-state index contributed by atoms with van der Waals surface area (Å²) in [5, 5.41) is 16.2.